The van der Waals surface area contributed by atoms with E-state index in [4.69, 9.17) is 17.0 Å². The van der Waals surface area contributed by atoms with Gasteiger partial charge in [0.15, 0.2) is 0 Å². The molecule has 0 spiro atoms. The Morgan fingerprint density at radius 1 is 1.72 bits per heavy atom. The number of carbonyl (C=O) groups excluding carboxylic acids is 1. The zero-order valence-electron chi connectivity index (χ0n) is 10.4. The molecule has 98 valence electrons. The fourth-order valence-electron chi connectivity index (χ4n) is 2.22. The van der Waals surface area contributed by atoms with E-state index in [9.17, 15) is 4.79 Å². The molecule has 0 unspecified atom stereocenters. The van der Waals surface area contributed by atoms with Crippen LogP contribution >= 0.6 is 12.2 Å². The average Bonchev–Trinajstić information content (AvgIpc) is 2.90. The summed E-state index contributed by atoms with van der Waals surface area (Å²) in [5, 5.41) is 3.02. The largest absolute Gasteiger partial charge is 0.376 e. The Hall–Kier alpha value is -1.20. The normalized spacial score (nSPS) is 20.6. The van der Waals surface area contributed by atoms with Gasteiger partial charge in [-0.15, -0.1) is 0 Å². The van der Waals surface area contributed by atoms with Crippen LogP contribution in [0.1, 0.15) is 36.5 Å². The summed E-state index contributed by atoms with van der Waals surface area (Å²) in [5.41, 5.74) is 0.518. The van der Waals surface area contributed by atoms with E-state index in [1.165, 1.54) is 0 Å². The van der Waals surface area contributed by atoms with E-state index in [0.29, 0.717) is 10.2 Å². The maximum absolute atomic E-state index is 12.1. The number of aromatic amines is 1. The molecule has 18 heavy (non-hydrogen) atoms. The van der Waals surface area contributed by atoms with Crippen molar-refractivity contribution in [3.63, 3.8) is 0 Å². The Labute approximate surface area is 112 Å². The first-order chi connectivity index (χ1) is 8.72. The number of aromatic nitrogens is 1. The summed E-state index contributed by atoms with van der Waals surface area (Å²) in [7, 11) is 0. The number of ether oxygens (including phenoxy) is 1. The van der Waals surface area contributed by atoms with Crippen molar-refractivity contribution < 1.29 is 9.53 Å². The van der Waals surface area contributed by atoms with Crippen LogP contribution in [0, 0.1) is 4.64 Å². The number of hydrogen-bond acceptors (Lipinski definition) is 3. The number of amides is 1. The second kappa shape index (κ2) is 6.11. The fraction of sp³-hybridized carbons (Fsp3) is 0.538. The van der Waals surface area contributed by atoms with Crippen LogP contribution in [0.2, 0.25) is 0 Å². The summed E-state index contributed by atoms with van der Waals surface area (Å²) >= 11 is 5.10. The van der Waals surface area contributed by atoms with Crippen LogP contribution in [-0.2, 0) is 4.74 Å². The van der Waals surface area contributed by atoms with E-state index < -0.39 is 0 Å². The number of hydrogen-bond donors (Lipinski definition) is 2. The summed E-state index contributed by atoms with van der Waals surface area (Å²) in [6, 6.07) is 3.57. The molecule has 2 rings (SSSR count). The monoisotopic (exact) mass is 266 g/mol. The first-order valence-electron chi connectivity index (χ1n) is 6.32. The minimum Gasteiger partial charge on any atom is -0.376 e. The highest BCUT2D eigenvalue weighted by molar-refractivity contribution is 7.71. The van der Waals surface area contributed by atoms with E-state index in [1.807, 2.05) is 0 Å². The van der Waals surface area contributed by atoms with E-state index in [0.717, 1.165) is 25.9 Å². The molecule has 0 saturated carbocycles. The molecule has 2 N–H and O–H groups in total. The van der Waals surface area contributed by atoms with Crippen molar-refractivity contribution in [3.05, 3.63) is 28.5 Å². The summed E-state index contributed by atoms with van der Waals surface area (Å²) in [4.78, 5) is 15.0. The third-order valence-electron chi connectivity index (χ3n) is 3.23. The van der Waals surface area contributed by atoms with Gasteiger partial charge in [0.05, 0.1) is 17.7 Å². The number of pyridine rings is 1. The van der Waals surface area contributed by atoms with Crippen LogP contribution in [0.25, 0.3) is 0 Å². The topological polar surface area (TPSA) is 54.1 Å². The van der Waals surface area contributed by atoms with Crippen LogP contribution < -0.4 is 5.32 Å². The van der Waals surface area contributed by atoms with Gasteiger partial charge in [0.1, 0.15) is 4.64 Å². The Kier molecular flexibility index (Phi) is 4.49. The summed E-state index contributed by atoms with van der Waals surface area (Å²) in [5.74, 6) is -0.126. The van der Waals surface area contributed by atoms with Crippen LogP contribution in [0.5, 0.6) is 0 Å². The summed E-state index contributed by atoms with van der Waals surface area (Å²) in [6.07, 6.45) is 4.80. The molecular weight excluding hydrogens is 248 g/mol. The zero-order chi connectivity index (χ0) is 13.0. The van der Waals surface area contributed by atoms with E-state index in [2.05, 4.69) is 17.2 Å². The molecule has 0 aromatic carbocycles. The third kappa shape index (κ3) is 2.97. The van der Waals surface area contributed by atoms with Crippen molar-refractivity contribution in [3.8, 4) is 0 Å². The van der Waals surface area contributed by atoms with E-state index >= 15 is 0 Å². The molecule has 0 radical (unpaired) electrons. The van der Waals surface area contributed by atoms with Gasteiger partial charge in [-0.2, -0.15) is 0 Å². The molecular formula is C13H18N2O2S. The highest BCUT2D eigenvalue weighted by atomic mass is 32.1. The van der Waals surface area contributed by atoms with Crippen molar-refractivity contribution in [1.29, 1.82) is 0 Å². The maximum Gasteiger partial charge on any atom is 0.254 e. The Bertz CT molecular complexity index is 466. The second-order valence-corrected chi connectivity index (χ2v) is 4.86. The molecule has 5 heteroatoms. The maximum atomic E-state index is 12.1. The van der Waals surface area contributed by atoms with Gasteiger partial charge in [-0.3, -0.25) is 4.79 Å². The molecule has 1 aromatic heterocycles. The number of rotatable bonds is 4. The van der Waals surface area contributed by atoms with Gasteiger partial charge in [-0.05, 0) is 31.4 Å². The molecule has 0 bridgehead atoms. The average molecular weight is 266 g/mol. The lowest BCUT2D eigenvalue weighted by molar-refractivity contribution is 0.0665. The van der Waals surface area contributed by atoms with Gasteiger partial charge >= 0.3 is 0 Å². The molecule has 1 aliphatic heterocycles. The SMILES string of the molecule is CC[C@H](NC(=O)c1ccc[nH]c1=S)[C@H]1CCCO1. The second-order valence-electron chi connectivity index (χ2n) is 4.45. The Balaban J connectivity index is 2.05. The van der Waals surface area contributed by atoms with E-state index in [-0.39, 0.29) is 18.1 Å². The van der Waals surface area contributed by atoms with Crippen LogP contribution in [0.4, 0.5) is 0 Å². The smallest absolute Gasteiger partial charge is 0.254 e. The lowest BCUT2D eigenvalue weighted by Crippen LogP contribution is -2.42. The summed E-state index contributed by atoms with van der Waals surface area (Å²) < 4.78 is 6.09. The fourth-order valence-corrected chi connectivity index (χ4v) is 2.45. The van der Waals surface area contributed by atoms with Crippen molar-refractivity contribution >= 4 is 18.1 Å². The van der Waals surface area contributed by atoms with Crippen LogP contribution in [-0.4, -0.2) is 29.6 Å². The highest BCUT2D eigenvalue weighted by Crippen LogP contribution is 2.18. The first kappa shape index (κ1) is 13.2. The van der Waals surface area contributed by atoms with Crippen molar-refractivity contribution in [2.45, 2.75) is 38.3 Å². The number of H-pyrrole nitrogens is 1. The Morgan fingerprint density at radius 2 is 2.56 bits per heavy atom. The minimum atomic E-state index is -0.126. The van der Waals surface area contributed by atoms with Gasteiger partial charge in [0, 0.05) is 12.8 Å². The van der Waals surface area contributed by atoms with Crippen molar-refractivity contribution in [2.75, 3.05) is 6.61 Å². The summed E-state index contributed by atoms with van der Waals surface area (Å²) in [6.45, 7) is 2.85. The van der Waals surface area contributed by atoms with Gasteiger partial charge in [0.25, 0.3) is 5.91 Å². The molecule has 0 aliphatic carbocycles. The standard InChI is InChI=1S/C13H18N2O2S/c1-2-10(11-6-4-8-17-11)15-12(16)9-5-3-7-14-13(9)18/h3,5,7,10-11H,2,4,6,8H2,1H3,(H,14,18)(H,15,16)/t10-,11+/m0/s1. The number of carbonyl (C=O) groups is 1. The third-order valence-corrected chi connectivity index (χ3v) is 3.57. The molecule has 1 aromatic rings. The quantitative estimate of drug-likeness (QED) is 0.823. The van der Waals surface area contributed by atoms with Gasteiger partial charge in [-0.1, -0.05) is 19.1 Å². The predicted molar refractivity (Wildman–Crippen MR) is 72.1 cm³/mol. The molecule has 2 atom stereocenters. The molecule has 1 aliphatic rings. The van der Waals surface area contributed by atoms with Crippen molar-refractivity contribution in [2.24, 2.45) is 0 Å². The van der Waals surface area contributed by atoms with Crippen molar-refractivity contribution in [1.82, 2.24) is 10.3 Å². The lowest BCUT2D eigenvalue weighted by Gasteiger charge is -2.22. The van der Waals surface area contributed by atoms with Gasteiger partial charge in [0.2, 0.25) is 0 Å². The number of nitrogens with one attached hydrogen (secondary N) is 2. The van der Waals surface area contributed by atoms with Crippen LogP contribution in [0.15, 0.2) is 18.3 Å². The van der Waals surface area contributed by atoms with Gasteiger partial charge < -0.3 is 15.0 Å². The zero-order valence-corrected chi connectivity index (χ0v) is 11.3. The molecule has 1 amide bonds. The molecule has 4 nitrogen and oxygen atoms in total. The van der Waals surface area contributed by atoms with Gasteiger partial charge in [-0.25, -0.2) is 0 Å². The minimum absolute atomic E-state index is 0.0645. The van der Waals surface area contributed by atoms with E-state index in [1.54, 1.807) is 18.3 Å². The Morgan fingerprint density at radius 3 is 3.17 bits per heavy atom. The first-order valence-corrected chi connectivity index (χ1v) is 6.73. The molecule has 2 heterocycles. The molecule has 1 fully saturated rings. The highest BCUT2D eigenvalue weighted by Gasteiger charge is 2.26. The lowest BCUT2D eigenvalue weighted by atomic mass is 10.1. The predicted octanol–water partition coefficient (Wildman–Crippen LogP) is 2.43. The molecule has 1 saturated heterocycles. The van der Waals surface area contributed by atoms with Crippen LogP contribution in [0.3, 0.4) is 0 Å².